The summed E-state index contributed by atoms with van der Waals surface area (Å²) in [6.45, 7) is 13.6. The molecule has 7 heteroatoms. The van der Waals surface area contributed by atoms with Gasteiger partial charge < -0.3 is 14.2 Å². The van der Waals surface area contributed by atoms with Gasteiger partial charge >= 0.3 is 5.97 Å². The van der Waals surface area contributed by atoms with Gasteiger partial charge in [-0.25, -0.2) is 14.8 Å². The van der Waals surface area contributed by atoms with Crippen LogP contribution in [-0.4, -0.2) is 36.2 Å². The zero-order valence-electron chi connectivity index (χ0n) is 18.1. The Hall–Kier alpha value is -1.99. The number of pyridine rings is 1. The summed E-state index contributed by atoms with van der Waals surface area (Å²) in [5, 5.41) is 0.924. The minimum atomic E-state index is -0.371. The fraction of sp³-hybridized carbons (Fsp3) is 0.591. The zero-order valence-corrected chi connectivity index (χ0v) is 18.9. The average Bonchev–Trinajstić information content (AvgIpc) is 2.99. The molecule has 0 atom stereocenters. The highest BCUT2D eigenvalue weighted by atomic mass is 32.1. The van der Waals surface area contributed by atoms with Gasteiger partial charge in [0.05, 0.1) is 25.4 Å². The minimum Gasteiger partial charge on any atom is -0.483 e. The predicted octanol–water partition coefficient (Wildman–Crippen LogP) is 5.22. The van der Waals surface area contributed by atoms with Crippen molar-refractivity contribution in [2.75, 3.05) is 13.2 Å². The second-order valence-electron chi connectivity index (χ2n) is 8.21. The van der Waals surface area contributed by atoms with Crippen LogP contribution >= 0.6 is 11.3 Å². The molecule has 3 rings (SSSR count). The molecule has 0 unspecified atom stereocenters. The van der Waals surface area contributed by atoms with E-state index in [4.69, 9.17) is 19.2 Å². The van der Waals surface area contributed by atoms with Gasteiger partial charge in [-0.3, -0.25) is 0 Å². The summed E-state index contributed by atoms with van der Waals surface area (Å²) in [5.41, 5.74) is 3.66. The number of nitrogens with zero attached hydrogens (tertiary/aromatic N) is 2. The molecule has 0 fully saturated rings. The van der Waals surface area contributed by atoms with Crippen LogP contribution in [0.3, 0.4) is 0 Å². The number of hydrogen-bond acceptors (Lipinski definition) is 7. The van der Waals surface area contributed by atoms with E-state index in [1.807, 2.05) is 6.92 Å². The van der Waals surface area contributed by atoms with Crippen molar-refractivity contribution >= 4 is 39.6 Å². The lowest BCUT2D eigenvalue weighted by Crippen LogP contribution is -2.32. The smallest absolute Gasteiger partial charge is 0.350 e. The highest BCUT2D eigenvalue weighted by Gasteiger charge is 2.33. The van der Waals surface area contributed by atoms with E-state index in [9.17, 15) is 4.79 Å². The van der Waals surface area contributed by atoms with E-state index in [1.165, 1.54) is 23.3 Å². The largest absolute Gasteiger partial charge is 0.483 e. The first-order valence-corrected chi connectivity index (χ1v) is 11.0. The van der Waals surface area contributed by atoms with Crippen LogP contribution in [0.5, 0.6) is 0 Å². The van der Waals surface area contributed by atoms with Crippen molar-refractivity contribution in [2.45, 2.75) is 66.6 Å². The van der Waals surface area contributed by atoms with Gasteiger partial charge in [-0.05, 0) is 45.6 Å². The Morgan fingerprint density at radius 2 is 2.07 bits per heavy atom. The molecule has 29 heavy (non-hydrogen) atoms. The Bertz CT molecular complexity index is 931. The monoisotopic (exact) mass is 418 g/mol. The number of ether oxygens (including phenoxy) is 3. The summed E-state index contributed by atoms with van der Waals surface area (Å²) in [4.78, 5) is 23.4. The van der Waals surface area contributed by atoms with Crippen molar-refractivity contribution in [1.29, 1.82) is 0 Å². The van der Waals surface area contributed by atoms with E-state index in [-0.39, 0.29) is 11.6 Å². The van der Waals surface area contributed by atoms with Crippen LogP contribution in [-0.2, 0) is 33.7 Å². The van der Waals surface area contributed by atoms with Crippen molar-refractivity contribution in [3.8, 4) is 0 Å². The summed E-state index contributed by atoms with van der Waals surface area (Å²) in [6, 6.07) is 0. The van der Waals surface area contributed by atoms with Crippen LogP contribution in [0.1, 0.15) is 68.0 Å². The molecule has 0 bridgehead atoms. The van der Waals surface area contributed by atoms with Crippen LogP contribution < -0.4 is 0 Å². The van der Waals surface area contributed by atoms with Crippen LogP contribution in [0.4, 0.5) is 5.69 Å². The average molecular weight is 419 g/mol. The molecule has 0 radical (unpaired) electrons. The molecular weight excluding hydrogens is 388 g/mol. The van der Waals surface area contributed by atoms with Crippen LogP contribution in [0, 0.1) is 5.92 Å². The molecule has 0 N–H and O–H groups in total. The van der Waals surface area contributed by atoms with E-state index in [0.29, 0.717) is 36.3 Å². The SMILES string of the molecule is CCOC=Nc1c(C(=O)OCC)sc2nc(CC(C)C)c3c(c12)CC(C)(C)OC3. The summed E-state index contributed by atoms with van der Waals surface area (Å²) >= 11 is 1.35. The number of aromatic nitrogens is 1. The Balaban J connectivity index is 2.29. The summed E-state index contributed by atoms with van der Waals surface area (Å²) in [6.07, 6.45) is 3.01. The minimum absolute atomic E-state index is 0.288. The highest BCUT2D eigenvalue weighted by Crippen LogP contribution is 2.44. The molecule has 0 aliphatic carbocycles. The topological polar surface area (TPSA) is 70.0 Å². The van der Waals surface area contributed by atoms with E-state index in [0.717, 1.165) is 34.3 Å². The number of fused-ring (bicyclic) bond motifs is 3. The van der Waals surface area contributed by atoms with E-state index in [2.05, 4.69) is 32.7 Å². The Morgan fingerprint density at radius 1 is 1.31 bits per heavy atom. The summed E-state index contributed by atoms with van der Waals surface area (Å²) in [7, 11) is 0. The maximum atomic E-state index is 12.6. The third-order valence-corrected chi connectivity index (χ3v) is 5.86. The highest BCUT2D eigenvalue weighted by molar-refractivity contribution is 7.21. The van der Waals surface area contributed by atoms with Gasteiger partial charge in [0.1, 0.15) is 15.4 Å². The second kappa shape index (κ2) is 8.79. The standard InChI is InChI=1S/C22H30N2O4S/c1-7-26-12-23-18-17-14-10-22(5,6)28-11-15(14)16(9-13(3)4)24-20(17)29-19(18)21(25)27-8-2/h12-13H,7-11H2,1-6H3. The number of thiophene rings is 1. The predicted molar refractivity (Wildman–Crippen MR) is 116 cm³/mol. The van der Waals surface area contributed by atoms with Gasteiger partial charge in [0.15, 0.2) is 6.40 Å². The van der Waals surface area contributed by atoms with Gasteiger partial charge in [0.25, 0.3) is 0 Å². The fourth-order valence-electron chi connectivity index (χ4n) is 3.56. The van der Waals surface area contributed by atoms with E-state index in [1.54, 1.807) is 6.92 Å². The van der Waals surface area contributed by atoms with Gasteiger partial charge in [-0.1, -0.05) is 13.8 Å². The van der Waals surface area contributed by atoms with E-state index < -0.39 is 0 Å². The number of carbonyl (C=O) groups is 1. The van der Waals surface area contributed by atoms with Crippen LogP contribution in [0.15, 0.2) is 4.99 Å². The number of rotatable bonds is 7. The summed E-state index contributed by atoms with van der Waals surface area (Å²) < 4.78 is 16.7. The second-order valence-corrected chi connectivity index (χ2v) is 9.21. The van der Waals surface area contributed by atoms with Gasteiger partial charge in [0.2, 0.25) is 0 Å². The Labute approximate surface area is 176 Å². The molecular formula is C22H30N2O4S. The van der Waals surface area contributed by atoms with Gasteiger partial charge in [-0.2, -0.15) is 0 Å². The molecule has 0 aromatic carbocycles. The van der Waals surface area contributed by atoms with Crippen LogP contribution in [0.2, 0.25) is 0 Å². The normalized spacial score (nSPS) is 15.8. The van der Waals surface area contributed by atoms with Gasteiger partial charge in [0, 0.05) is 23.1 Å². The number of carbonyl (C=O) groups excluding carboxylic acids is 1. The lowest BCUT2D eigenvalue weighted by molar-refractivity contribution is -0.0402. The molecule has 1 aliphatic rings. The van der Waals surface area contributed by atoms with Crippen molar-refractivity contribution < 1.29 is 19.0 Å². The Morgan fingerprint density at radius 3 is 2.72 bits per heavy atom. The maximum Gasteiger partial charge on any atom is 0.350 e. The molecule has 2 aromatic rings. The number of aliphatic imine (C=N–C) groups is 1. The fourth-order valence-corrected chi connectivity index (χ4v) is 4.63. The molecule has 0 saturated carbocycles. The number of hydrogen-bond donors (Lipinski definition) is 0. The molecule has 0 saturated heterocycles. The first-order chi connectivity index (χ1) is 13.8. The molecule has 2 aromatic heterocycles. The van der Waals surface area contributed by atoms with E-state index >= 15 is 0 Å². The third-order valence-electron chi connectivity index (χ3n) is 4.81. The lowest BCUT2D eigenvalue weighted by Gasteiger charge is -2.33. The summed E-state index contributed by atoms with van der Waals surface area (Å²) in [5.74, 6) is 0.101. The van der Waals surface area contributed by atoms with Crippen molar-refractivity contribution in [2.24, 2.45) is 10.9 Å². The first-order valence-electron chi connectivity index (χ1n) is 10.2. The maximum absolute atomic E-state index is 12.6. The molecule has 158 valence electrons. The molecule has 0 spiro atoms. The van der Waals surface area contributed by atoms with Crippen molar-refractivity contribution in [1.82, 2.24) is 4.98 Å². The van der Waals surface area contributed by atoms with Crippen LogP contribution in [0.25, 0.3) is 10.2 Å². The zero-order chi connectivity index (χ0) is 21.2. The van der Waals surface area contributed by atoms with Crippen molar-refractivity contribution in [3.05, 3.63) is 21.7 Å². The molecule has 1 aliphatic heterocycles. The molecule has 6 nitrogen and oxygen atoms in total. The lowest BCUT2D eigenvalue weighted by atomic mass is 9.87. The quantitative estimate of drug-likeness (QED) is 0.350. The third kappa shape index (κ3) is 4.61. The van der Waals surface area contributed by atoms with Crippen molar-refractivity contribution in [3.63, 3.8) is 0 Å². The number of esters is 1. The van der Waals surface area contributed by atoms with Gasteiger partial charge in [-0.15, -0.1) is 11.3 Å². The molecule has 3 heterocycles. The Kier molecular flexibility index (Phi) is 6.58. The molecule has 0 amide bonds. The first kappa shape index (κ1) is 21.7.